The lowest BCUT2D eigenvalue weighted by Crippen LogP contribution is -2.54. The van der Waals surface area contributed by atoms with Crippen molar-refractivity contribution < 1.29 is 23.9 Å². The topological polar surface area (TPSA) is 128 Å². The summed E-state index contributed by atoms with van der Waals surface area (Å²) in [6.45, 7) is 1.22. The SMILES string of the molecule is C[C@@H](OC(=O)CNC(=O)C12CC3CC(CC(C3)C1)C2)C(=O)Nc1ccc(C(N)=O)cc1. The highest BCUT2D eigenvalue weighted by Crippen LogP contribution is 2.60. The van der Waals surface area contributed by atoms with E-state index in [9.17, 15) is 19.2 Å². The molecule has 4 fully saturated rings. The van der Waals surface area contributed by atoms with E-state index in [1.54, 1.807) is 0 Å². The number of carbonyl (C=O) groups is 4. The Morgan fingerprint density at radius 2 is 1.58 bits per heavy atom. The number of esters is 1. The average molecular weight is 428 g/mol. The number of hydrogen-bond donors (Lipinski definition) is 3. The first kappa shape index (κ1) is 21.3. The van der Waals surface area contributed by atoms with E-state index < -0.39 is 23.9 Å². The third-order valence-corrected chi connectivity index (χ3v) is 7.03. The van der Waals surface area contributed by atoms with Crippen LogP contribution in [0.15, 0.2) is 24.3 Å². The molecule has 0 spiro atoms. The van der Waals surface area contributed by atoms with Crippen LogP contribution in [0.4, 0.5) is 5.69 Å². The Kier molecular flexibility index (Phi) is 5.73. The van der Waals surface area contributed by atoms with E-state index in [4.69, 9.17) is 10.5 Å². The molecule has 0 aliphatic heterocycles. The molecule has 1 aromatic carbocycles. The summed E-state index contributed by atoms with van der Waals surface area (Å²) in [4.78, 5) is 48.5. The molecule has 0 radical (unpaired) electrons. The number of rotatable bonds is 7. The quantitative estimate of drug-likeness (QED) is 0.574. The molecule has 8 nitrogen and oxygen atoms in total. The van der Waals surface area contributed by atoms with Gasteiger partial charge in [-0.25, -0.2) is 0 Å². The molecule has 4 saturated carbocycles. The van der Waals surface area contributed by atoms with Crippen LogP contribution in [0.2, 0.25) is 0 Å². The van der Waals surface area contributed by atoms with E-state index in [-0.39, 0.29) is 17.9 Å². The largest absolute Gasteiger partial charge is 0.451 e. The molecule has 31 heavy (non-hydrogen) atoms. The Bertz CT molecular complexity index is 860. The summed E-state index contributed by atoms with van der Waals surface area (Å²) in [5, 5.41) is 5.37. The smallest absolute Gasteiger partial charge is 0.326 e. The molecular formula is C23H29N3O5. The van der Waals surface area contributed by atoms with Gasteiger partial charge in [0.15, 0.2) is 6.10 Å². The van der Waals surface area contributed by atoms with Crippen LogP contribution in [0.5, 0.6) is 0 Å². The number of hydrogen-bond acceptors (Lipinski definition) is 5. The lowest BCUT2D eigenvalue weighted by molar-refractivity contribution is -0.155. The zero-order chi connectivity index (χ0) is 22.2. The number of ether oxygens (including phenoxy) is 1. The van der Waals surface area contributed by atoms with Crippen molar-refractivity contribution in [1.82, 2.24) is 5.32 Å². The van der Waals surface area contributed by atoms with Crippen LogP contribution in [0.3, 0.4) is 0 Å². The molecule has 4 N–H and O–H groups in total. The van der Waals surface area contributed by atoms with Gasteiger partial charge in [-0.2, -0.15) is 0 Å². The van der Waals surface area contributed by atoms with Crippen molar-refractivity contribution in [2.24, 2.45) is 28.9 Å². The van der Waals surface area contributed by atoms with Crippen molar-refractivity contribution in [3.63, 3.8) is 0 Å². The van der Waals surface area contributed by atoms with Crippen molar-refractivity contribution in [3.05, 3.63) is 29.8 Å². The standard InChI is InChI=1S/C23H29N3O5/c1-13(21(29)26-18-4-2-17(3-5-18)20(24)28)31-19(27)12-25-22(30)23-9-14-6-15(10-23)8-16(7-14)11-23/h2-5,13-16H,6-12H2,1H3,(H2,24,28)(H,25,30)(H,26,29)/t13-,14?,15?,16?,23?/m1/s1. The van der Waals surface area contributed by atoms with E-state index >= 15 is 0 Å². The average Bonchev–Trinajstić information content (AvgIpc) is 2.71. The van der Waals surface area contributed by atoms with Gasteiger partial charge < -0.3 is 21.1 Å². The van der Waals surface area contributed by atoms with Crippen LogP contribution in [0.25, 0.3) is 0 Å². The van der Waals surface area contributed by atoms with Crippen LogP contribution in [0, 0.1) is 23.2 Å². The lowest BCUT2D eigenvalue weighted by atomic mass is 9.49. The van der Waals surface area contributed by atoms with Crippen LogP contribution in [-0.2, 0) is 19.1 Å². The molecule has 0 unspecified atom stereocenters. The Morgan fingerprint density at radius 3 is 2.10 bits per heavy atom. The van der Waals surface area contributed by atoms with Gasteiger partial charge in [-0.15, -0.1) is 0 Å². The van der Waals surface area contributed by atoms with E-state index in [1.807, 2.05) is 0 Å². The fraction of sp³-hybridized carbons (Fsp3) is 0.565. The maximum Gasteiger partial charge on any atom is 0.326 e. The predicted molar refractivity (Wildman–Crippen MR) is 113 cm³/mol. The van der Waals surface area contributed by atoms with Gasteiger partial charge in [0.2, 0.25) is 11.8 Å². The Balaban J connectivity index is 1.24. The first-order valence-electron chi connectivity index (χ1n) is 10.9. The molecule has 4 bridgehead atoms. The molecule has 0 heterocycles. The molecular weight excluding hydrogens is 398 g/mol. The zero-order valence-electron chi connectivity index (χ0n) is 17.7. The van der Waals surface area contributed by atoms with Crippen molar-refractivity contribution in [1.29, 1.82) is 0 Å². The summed E-state index contributed by atoms with van der Waals surface area (Å²) in [6, 6.07) is 6.07. The Labute approximate surface area is 181 Å². The number of benzene rings is 1. The summed E-state index contributed by atoms with van der Waals surface area (Å²) in [6.07, 6.45) is 5.47. The van der Waals surface area contributed by atoms with Crippen molar-refractivity contribution in [2.45, 2.75) is 51.6 Å². The maximum atomic E-state index is 12.9. The second kappa shape index (κ2) is 8.32. The Morgan fingerprint density at radius 1 is 1.03 bits per heavy atom. The molecule has 4 aliphatic rings. The molecule has 0 saturated heterocycles. The monoisotopic (exact) mass is 427 g/mol. The normalized spacial score (nSPS) is 29.1. The molecule has 3 amide bonds. The second-order valence-electron chi connectivity index (χ2n) is 9.44. The molecule has 166 valence electrons. The fourth-order valence-electron chi connectivity index (χ4n) is 5.98. The third-order valence-electron chi connectivity index (χ3n) is 7.03. The number of anilines is 1. The van der Waals surface area contributed by atoms with Crippen LogP contribution < -0.4 is 16.4 Å². The van der Waals surface area contributed by atoms with Crippen molar-refractivity contribution in [2.75, 3.05) is 11.9 Å². The van der Waals surface area contributed by atoms with E-state index in [1.165, 1.54) is 50.5 Å². The van der Waals surface area contributed by atoms with Gasteiger partial charge in [-0.1, -0.05) is 0 Å². The number of primary amides is 1. The van der Waals surface area contributed by atoms with E-state index in [0.29, 0.717) is 29.0 Å². The first-order valence-corrected chi connectivity index (χ1v) is 10.9. The molecule has 1 atom stereocenters. The first-order chi connectivity index (χ1) is 14.7. The molecule has 0 aromatic heterocycles. The number of carbonyl (C=O) groups excluding carboxylic acids is 4. The summed E-state index contributed by atoms with van der Waals surface area (Å²) < 4.78 is 5.18. The molecule has 1 aromatic rings. The van der Waals surface area contributed by atoms with E-state index in [2.05, 4.69) is 10.6 Å². The molecule has 5 rings (SSSR count). The highest BCUT2D eigenvalue weighted by Gasteiger charge is 2.54. The molecule has 8 heteroatoms. The van der Waals surface area contributed by atoms with Gasteiger partial charge in [0.05, 0.1) is 0 Å². The minimum Gasteiger partial charge on any atom is -0.451 e. The Hall–Kier alpha value is -2.90. The van der Waals surface area contributed by atoms with Gasteiger partial charge in [-0.3, -0.25) is 19.2 Å². The van der Waals surface area contributed by atoms with Gasteiger partial charge in [-0.05, 0) is 87.5 Å². The van der Waals surface area contributed by atoms with Crippen molar-refractivity contribution in [3.8, 4) is 0 Å². The second-order valence-corrected chi connectivity index (χ2v) is 9.44. The lowest BCUT2D eigenvalue weighted by Gasteiger charge is -2.55. The maximum absolute atomic E-state index is 12.9. The van der Waals surface area contributed by atoms with Crippen LogP contribution >= 0.6 is 0 Å². The summed E-state index contributed by atoms with van der Waals surface area (Å²) in [5.41, 5.74) is 5.64. The highest BCUT2D eigenvalue weighted by atomic mass is 16.5. The van der Waals surface area contributed by atoms with Gasteiger partial charge >= 0.3 is 5.97 Å². The molecule has 4 aliphatic carbocycles. The number of amides is 3. The number of nitrogens with two attached hydrogens (primary N) is 1. The third kappa shape index (κ3) is 4.57. The summed E-state index contributed by atoms with van der Waals surface area (Å²) in [7, 11) is 0. The minimum absolute atomic E-state index is 0.0461. The van der Waals surface area contributed by atoms with Crippen molar-refractivity contribution >= 4 is 29.4 Å². The van der Waals surface area contributed by atoms with E-state index in [0.717, 1.165) is 19.3 Å². The summed E-state index contributed by atoms with van der Waals surface area (Å²) in [5.74, 6) is 0.169. The number of nitrogens with one attached hydrogen (secondary N) is 2. The van der Waals surface area contributed by atoms with Gasteiger partial charge in [0.1, 0.15) is 6.54 Å². The van der Waals surface area contributed by atoms with Crippen LogP contribution in [0.1, 0.15) is 55.8 Å². The summed E-state index contributed by atoms with van der Waals surface area (Å²) >= 11 is 0. The fourth-order valence-corrected chi connectivity index (χ4v) is 5.98. The van der Waals surface area contributed by atoms with Gasteiger partial charge in [0.25, 0.3) is 5.91 Å². The zero-order valence-corrected chi connectivity index (χ0v) is 17.7. The highest BCUT2D eigenvalue weighted by molar-refractivity contribution is 5.97. The predicted octanol–water partition coefficient (Wildman–Crippen LogP) is 1.99. The van der Waals surface area contributed by atoms with Crippen LogP contribution in [-0.4, -0.2) is 36.3 Å². The van der Waals surface area contributed by atoms with Gasteiger partial charge in [0, 0.05) is 16.7 Å². The minimum atomic E-state index is -1.03.